The first-order chi connectivity index (χ1) is 10.5. The zero-order chi connectivity index (χ0) is 16.2. The van der Waals surface area contributed by atoms with Gasteiger partial charge in [-0.05, 0) is 26.1 Å². The van der Waals surface area contributed by atoms with Gasteiger partial charge in [0.05, 0.1) is 6.04 Å². The molecule has 1 aromatic carbocycles. The van der Waals surface area contributed by atoms with Crippen LogP contribution in [0.1, 0.15) is 31.4 Å². The first-order valence-corrected chi connectivity index (χ1v) is 7.47. The number of amides is 1. The van der Waals surface area contributed by atoms with Crippen LogP contribution in [0.4, 0.5) is 0 Å². The Bertz CT molecular complexity index is 524. The van der Waals surface area contributed by atoms with Gasteiger partial charge in [-0.15, -0.1) is 5.10 Å². The summed E-state index contributed by atoms with van der Waals surface area (Å²) in [6.45, 7) is 2.03. The van der Waals surface area contributed by atoms with E-state index in [0.29, 0.717) is 6.42 Å². The first-order valence-electron chi connectivity index (χ1n) is 7.47. The van der Waals surface area contributed by atoms with Crippen molar-refractivity contribution in [3.05, 3.63) is 35.9 Å². The third kappa shape index (κ3) is 2.78. The van der Waals surface area contributed by atoms with Crippen LogP contribution in [0.25, 0.3) is 0 Å². The molecule has 22 heavy (non-hydrogen) atoms. The van der Waals surface area contributed by atoms with Crippen LogP contribution >= 0.6 is 0 Å². The average Bonchev–Trinajstić information content (AvgIpc) is 3.01. The van der Waals surface area contributed by atoms with Crippen LogP contribution in [0.15, 0.2) is 35.4 Å². The maximum absolute atomic E-state index is 12.5. The van der Waals surface area contributed by atoms with Crippen molar-refractivity contribution in [2.24, 2.45) is 16.3 Å². The van der Waals surface area contributed by atoms with Gasteiger partial charge < -0.3 is 15.4 Å². The lowest BCUT2D eigenvalue weighted by Gasteiger charge is -2.44. The number of nitrogens with zero attached hydrogens (tertiary/aromatic N) is 2. The molecule has 0 bridgehead atoms. The zero-order valence-electron chi connectivity index (χ0n) is 13.3. The molecule has 0 radical (unpaired) electrons. The second-order valence-corrected chi connectivity index (χ2v) is 5.81. The quantitative estimate of drug-likeness (QED) is 0.799. The minimum atomic E-state index is -0.921. The van der Waals surface area contributed by atoms with Crippen LogP contribution in [0.2, 0.25) is 0 Å². The summed E-state index contributed by atoms with van der Waals surface area (Å²) in [6.07, 6.45) is 2.16. The van der Waals surface area contributed by atoms with E-state index in [9.17, 15) is 4.79 Å². The van der Waals surface area contributed by atoms with Crippen LogP contribution in [0.3, 0.4) is 0 Å². The summed E-state index contributed by atoms with van der Waals surface area (Å²) < 4.78 is 5.55. The highest BCUT2D eigenvalue weighted by atomic mass is 16.5. The number of hydrogen-bond acceptors (Lipinski definition) is 5. The molecule has 6 heteroatoms. The minimum absolute atomic E-state index is 0.217. The standard InChI is InChI=1S/C16H24N4O2/c1-4-10-16(14(17)21,15-19-18-11-22-15)13(20(2)3)12-8-6-5-7-9-12/h5-9,11,13,15,19H,4,10H2,1-3H3,(H2,17,21). The van der Waals surface area contributed by atoms with Crippen molar-refractivity contribution in [2.75, 3.05) is 14.1 Å². The molecule has 0 saturated heterocycles. The van der Waals surface area contributed by atoms with E-state index in [4.69, 9.17) is 10.5 Å². The summed E-state index contributed by atoms with van der Waals surface area (Å²) in [5.74, 6) is -0.389. The Kier molecular flexibility index (Phi) is 5.03. The fourth-order valence-electron chi connectivity index (χ4n) is 3.36. The predicted octanol–water partition coefficient (Wildman–Crippen LogP) is 1.45. The van der Waals surface area contributed by atoms with E-state index in [1.165, 1.54) is 6.40 Å². The van der Waals surface area contributed by atoms with E-state index in [1.54, 1.807) is 0 Å². The lowest BCUT2D eigenvalue weighted by atomic mass is 9.70. The van der Waals surface area contributed by atoms with E-state index in [1.807, 2.05) is 56.3 Å². The Balaban J connectivity index is 2.54. The summed E-state index contributed by atoms with van der Waals surface area (Å²) in [6, 6.07) is 9.67. The number of carbonyl (C=O) groups excluding carboxylic acids is 1. The van der Waals surface area contributed by atoms with E-state index in [-0.39, 0.29) is 11.9 Å². The topological polar surface area (TPSA) is 80.0 Å². The number of hydrazone groups is 1. The van der Waals surface area contributed by atoms with Gasteiger partial charge in [0, 0.05) is 0 Å². The molecule has 1 amide bonds. The average molecular weight is 304 g/mol. The monoisotopic (exact) mass is 304 g/mol. The van der Waals surface area contributed by atoms with Crippen LogP contribution in [-0.4, -0.2) is 37.5 Å². The molecule has 3 N–H and O–H groups in total. The van der Waals surface area contributed by atoms with Gasteiger partial charge in [0.1, 0.15) is 5.41 Å². The maximum Gasteiger partial charge on any atom is 0.231 e. The highest BCUT2D eigenvalue weighted by molar-refractivity contribution is 5.83. The number of hydrogen-bond donors (Lipinski definition) is 2. The molecule has 3 atom stereocenters. The fourth-order valence-corrected chi connectivity index (χ4v) is 3.36. The van der Waals surface area contributed by atoms with E-state index < -0.39 is 11.6 Å². The van der Waals surface area contributed by atoms with Crippen LogP contribution in [-0.2, 0) is 9.53 Å². The zero-order valence-corrected chi connectivity index (χ0v) is 13.3. The summed E-state index contributed by atoms with van der Waals surface area (Å²) in [5, 5.41) is 3.91. The summed E-state index contributed by atoms with van der Waals surface area (Å²) in [5.41, 5.74) is 8.87. The second kappa shape index (κ2) is 6.79. The molecule has 3 unspecified atom stereocenters. The van der Waals surface area contributed by atoms with Crippen molar-refractivity contribution in [3.8, 4) is 0 Å². The number of nitrogens with one attached hydrogen (secondary N) is 1. The van der Waals surface area contributed by atoms with Crippen molar-refractivity contribution >= 4 is 12.3 Å². The normalized spacial score (nSPS) is 21.0. The molecule has 1 aliphatic heterocycles. The number of ether oxygens (including phenoxy) is 1. The molecule has 0 spiro atoms. The first kappa shape index (κ1) is 16.3. The Morgan fingerprint density at radius 2 is 2.14 bits per heavy atom. The Morgan fingerprint density at radius 3 is 2.59 bits per heavy atom. The fraction of sp³-hybridized carbons (Fsp3) is 0.500. The largest absolute Gasteiger partial charge is 0.456 e. The molecular weight excluding hydrogens is 280 g/mol. The SMILES string of the molecule is CCCC(C(N)=O)(C1NN=CO1)C(c1ccccc1)N(C)C. The van der Waals surface area contributed by atoms with Gasteiger partial charge in [0.15, 0.2) is 6.40 Å². The number of benzene rings is 1. The molecule has 0 saturated carbocycles. The third-order valence-corrected chi connectivity index (χ3v) is 4.15. The molecule has 0 fully saturated rings. The minimum Gasteiger partial charge on any atom is -0.456 e. The van der Waals surface area contributed by atoms with Crippen LogP contribution in [0.5, 0.6) is 0 Å². The molecule has 1 aliphatic rings. The van der Waals surface area contributed by atoms with Gasteiger partial charge in [-0.2, -0.15) is 0 Å². The van der Waals surface area contributed by atoms with Crippen molar-refractivity contribution in [1.29, 1.82) is 0 Å². The second-order valence-electron chi connectivity index (χ2n) is 5.81. The van der Waals surface area contributed by atoms with Gasteiger partial charge in [-0.25, -0.2) is 0 Å². The molecule has 0 aromatic heterocycles. The van der Waals surface area contributed by atoms with Gasteiger partial charge in [0.25, 0.3) is 0 Å². The Hall–Kier alpha value is -2.08. The number of primary amides is 1. The number of nitrogens with two attached hydrogens (primary N) is 1. The highest BCUT2D eigenvalue weighted by Gasteiger charge is 2.54. The van der Waals surface area contributed by atoms with Crippen molar-refractivity contribution in [1.82, 2.24) is 10.3 Å². The van der Waals surface area contributed by atoms with Crippen molar-refractivity contribution in [2.45, 2.75) is 32.0 Å². The Labute approximate surface area is 131 Å². The van der Waals surface area contributed by atoms with E-state index in [0.717, 1.165) is 12.0 Å². The molecule has 1 heterocycles. The molecule has 0 aliphatic carbocycles. The smallest absolute Gasteiger partial charge is 0.231 e. The molecular formula is C16H24N4O2. The highest BCUT2D eigenvalue weighted by Crippen LogP contribution is 2.45. The van der Waals surface area contributed by atoms with Crippen LogP contribution < -0.4 is 11.2 Å². The van der Waals surface area contributed by atoms with E-state index >= 15 is 0 Å². The molecule has 120 valence electrons. The Morgan fingerprint density at radius 1 is 1.45 bits per heavy atom. The lowest BCUT2D eigenvalue weighted by Crippen LogP contribution is -2.57. The molecule has 6 nitrogen and oxygen atoms in total. The van der Waals surface area contributed by atoms with Crippen LogP contribution in [0, 0.1) is 5.41 Å². The maximum atomic E-state index is 12.5. The number of rotatable bonds is 7. The van der Waals surface area contributed by atoms with Gasteiger partial charge >= 0.3 is 0 Å². The van der Waals surface area contributed by atoms with Gasteiger partial charge in [-0.1, -0.05) is 43.7 Å². The van der Waals surface area contributed by atoms with Gasteiger partial charge in [-0.3, -0.25) is 10.2 Å². The molecule has 2 rings (SSSR count). The summed E-state index contributed by atoms with van der Waals surface area (Å²) in [7, 11) is 3.89. The molecule has 1 aromatic rings. The third-order valence-electron chi connectivity index (χ3n) is 4.15. The van der Waals surface area contributed by atoms with Gasteiger partial charge in [0.2, 0.25) is 12.1 Å². The van der Waals surface area contributed by atoms with Crippen molar-refractivity contribution < 1.29 is 9.53 Å². The van der Waals surface area contributed by atoms with E-state index in [2.05, 4.69) is 10.5 Å². The summed E-state index contributed by atoms with van der Waals surface area (Å²) in [4.78, 5) is 14.6. The predicted molar refractivity (Wildman–Crippen MR) is 85.9 cm³/mol. The summed E-state index contributed by atoms with van der Waals surface area (Å²) >= 11 is 0. The van der Waals surface area contributed by atoms with Crippen molar-refractivity contribution in [3.63, 3.8) is 0 Å². The number of carbonyl (C=O) groups is 1. The lowest BCUT2D eigenvalue weighted by molar-refractivity contribution is -0.142.